The first-order valence-electron chi connectivity index (χ1n) is 11.3. The summed E-state index contributed by atoms with van der Waals surface area (Å²) < 4.78 is 27.1. The first-order valence-corrected chi connectivity index (χ1v) is 13.1. The van der Waals surface area contributed by atoms with Gasteiger partial charge in [0.25, 0.3) is 0 Å². The van der Waals surface area contributed by atoms with E-state index in [1.807, 2.05) is 56.3 Å². The number of pyridine rings is 1. The van der Waals surface area contributed by atoms with Crippen LogP contribution in [0.3, 0.4) is 0 Å². The highest BCUT2D eigenvalue weighted by Crippen LogP contribution is 2.33. The van der Waals surface area contributed by atoms with Crippen LogP contribution in [0.2, 0.25) is 0 Å². The molecule has 0 amide bonds. The van der Waals surface area contributed by atoms with E-state index in [-0.39, 0.29) is 35.6 Å². The standard InChI is InChI=1S/C24H26N6O3S/c1-15-11-19(12-16(2)26-15)20-21(18-8-4-3-5-9-18)27-23(25)30-22(20)28-29(24(30)31)13-17-7-6-10-34(32,33)14-17/h3-5,8-9,11-12,17H,6-7,10,13-14H2,1-2H3,(H2,25,26,27,28)/p+1. The zero-order valence-electron chi connectivity index (χ0n) is 19.2. The van der Waals surface area contributed by atoms with Gasteiger partial charge in [-0.25, -0.2) is 18.3 Å². The Kier molecular flexibility index (Phi) is 5.47. The maximum Gasteiger partial charge on any atom is 0.428 e. The molecule has 176 valence electrons. The average molecular weight is 480 g/mol. The lowest BCUT2D eigenvalue weighted by Gasteiger charge is -2.20. The third-order valence-corrected chi connectivity index (χ3v) is 8.12. The van der Waals surface area contributed by atoms with Crippen LogP contribution in [0.4, 0.5) is 5.95 Å². The Morgan fingerprint density at radius 2 is 1.82 bits per heavy atom. The van der Waals surface area contributed by atoms with Crippen molar-refractivity contribution in [3.05, 3.63) is 64.3 Å². The van der Waals surface area contributed by atoms with Crippen molar-refractivity contribution in [2.75, 3.05) is 17.2 Å². The smallest absolute Gasteiger partial charge is 0.319 e. The molecule has 1 aromatic carbocycles. The third kappa shape index (κ3) is 4.09. The number of hydrogen-bond acceptors (Lipinski definition) is 6. The summed E-state index contributed by atoms with van der Waals surface area (Å²) in [7, 11) is -3.09. The second kappa shape index (κ2) is 8.35. The number of nitrogen functional groups attached to an aromatic ring is 1. The van der Waals surface area contributed by atoms with E-state index in [1.54, 1.807) is 0 Å². The molecule has 0 aliphatic carbocycles. The largest absolute Gasteiger partial charge is 0.428 e. The molecule has 5 rings (SSSR count). The van der Waals surface area contributed by atoms with E-state index in [0.717, 1.165) is 34.5 Å². The summed E-state index contributed by atoms with van der Waals surface area (Å²) in [5, 5.41) is 3.23. The van der Waals surface area contributed by atoms with Gasteiger partial charge >= 0.3 is 11.6 Å². The van der Waals surface area contributed by atoms with Gasteiger partial charge in [-0.05, 0) is 44.4 Å². The lowest BCUT2D eigenvalue weighted by atomic mass is 9.99. The van der Waals surface area contributed by atoms with Crippen molar-refractivity contribution in [2.45, 2.75) is 33.2 Å². The Morgan fingerprint density at radius 3 is 2.50 bits per heavy atom. The van der Waals surface area contributed by atoms with Crippen LogP contribution in [-0.2, 0) is 16.4 Å². The minimum atomic E-state index is -3.09. The molecule has 4 aromatic rings. The molecule has 1 fully saturated rings. The molecule has 1 aliphatic rings. The van der Waals surface area contributed by atoms with Crippen LogP contribution in [0.5, 0.6) is 0 Å². The number of aromatic nitrogens is 5. The van der Waals surface area contributed by atoms with Crippen LogP contribution in [0, 0.1) is 19.8 Å². The number of hydrogen-bond donors (Lipinski definition) is 2. The SMILES string of the molecule is Cc1cc(-c2c(-c3ccccc3)nc(N)[n+]3c(=O)n(CC4CCCS(=O)(=O)C4)[nH]c23)cc(C)n1. The molecule has 0 spiro atoms. The summed E-state index contributed by atoms with van der Waals surface area (Å²) in [6, 6.07) is 13.6. The van der Waals surface area contributed by atoms with Gasteiger partial charge in [-0.3, -0.25) is 4.98 Å². The Labute approximate surface area is 197 Å². The summed E-state index contributed by atoms with van der Waals surface area (Å²) in [6.07, 6.45) is 1.36. The van der Waals surface area contributed by atoms with E-state index in [0.29, 0.717) is 17.8 Å². The van der Waals surface area contributed by atoms with Crippen molar-refractivity contribution in [1.29, 1.82) is 0 Å². The lowest BCUT2D eigenvalue weighted by Crippen LogP contribution is -2.45. The van der Waals surface area contributed by atoms with Gasteiger partial charge in [0.15, 0.2) is 9.84 Å². The average Bonchev–Trinajstić information content (AvgIpc) is 3.09. The molecule has 0 radical (unpaired) electrons. The number of rotatable bonds is 4. The van der Waals surface area contributed by atoms with Crippen molar-refractivity contribution < 1.29 is 12.8 Å². The van der Waals surface area contributed by atoms with Crippen molar-refractivity contribution >= 4 is 21.4 Å². The molecule has 9 nitrogen and oxygen atoms in total. The monoisotopic (exact) mass is 479 g/mol. The Morgan fingerprint density at radius 1 is 1.12 bits per heavy atom. The Bertz CT molecular complexity index is 1540. The van der Waals surface area contributed by atoms with Gasteiger partial charge in [0.05, 0.1) is 23.6 Å². The van der Waals surface area contributed by atoms with Crippen LogP contribution >= 0.6 is 0 Å². The molecule has 3 aromatic heterocycles. The third-order valence-electron chi connectivity index (χ3n) is 6.23. The Hall–Kier alpha value is -3.53. The van der Waals surface area contributed by atoms with Crippen LogP contribution < -0.4 is 15.8 Å². The van der Waals surface area contributed by atoms with Crippen molar-refractivity contribution in [2.24, 2.45) is 5.92 Å². The van der Waals surface area contributed by atoms with Gasteiger partial charge in [0, 0.05) is 22.9 Å². The van der Waals surface area contributed by atoms with Crippen LogP contribution in [-0.4, -0.2) is 39.7 Å². The topological polar surface area (TPSA) is 128 Å². The number of nitrogens with one attached hydrogen (secondary N) is 1. The zero-order chi connectivity index (χ0) is 24.0. The van der Waals surface area contributed by atoms with Crippen molar-refractivity contribution in [3.63, 3.8) is 0 Å². The fourth-order valence-corrected chi connectivity index (χ4v) is 6.62. The molecule has 0 saturated carbocycles. The summed E-state index contributed by atoms with van der Waals surface area (Å²) in [5.41, 5.74) is 11.3. The zero-order valence-corrected chi connectivity index (χ0v) is 20.0. The highest BCUT2D eigenvalue weighted by atomic mass is 32.2. The predicted molar refractivity (Wildman–Crippen MR) is 130 cm³/mol. The predicted octanol–water partition coefficient (Wildman–Crippen LogP) is 2.06. The molecule has 1 aliphatic heterocycles. The number of anilines is 1. The quantitative estimate of drug-likeness (QED) is 0.431. The fraction of sp³-hybridized carbons (Fsp3) is 0.333. The molecule has 3 N–H and O–H groups in total. The van der Waals surface area contributed by atoms with Gasteiger partial charge in [0.2, 0.25) is 5.65 Å². The molecule has 10 heteroatoms. The number of nitrogens with two attached hydrogens (primary N) is 1. The number of benzene rings is 1. The first kappa shape index (κ1) is 22.3. The maximum absolute atomic E-state index is 13.4. The van der Waals surface area contributed by atoms with Crippen LogP contribution in [0.1, 0.15) is 24.2 Å². The molecular formula is C24H27N6O3S+. The number of H-pyrrole nitrogens is 1. The molecule has 1 saturated heterocycles. The molecule has 1 atom stereocenters. The highest BCUT2D eigenvalue weighted by molar-refractivity contribution is 7.91. The molecular weight excluding hydrogens is 452 g/mol. The lowest BCUT2D eigenvalue weighted by molar-refractivity contribution is -0.516. The molecule has 34 heavy (non-hydrogen) atoms. The second-order valence-electron chi connectivity index (χ2n) is 9.01. The number of aryl methyl sites for hydroxylation is 2. The van der Waals surface area contributed by atoms with E-state index in [1.165, 1.54) is 9.08 Å². The van der Waals surface area contributed by atoms with E-state index < -0.39 is 9.84 Å². The van der Waals surface area contributed by atoms with Crippen LogP contribution in [0.25, 0.3) is 28.0 Å². The maximum atomic E-state index is 13.4. The van der Waals surface area contributed by atoms with Crippen LogP contribution in [0.15, 0.2) is 47.3 Å². The number of sulfone groups is 1. The van der Waals surface area contributed by atoms with Crippen molar-refractivity contribution in [3.8, 4) is 22.4 Å². The van der Waals surface area contributed by atoms with Gasteiger partial charge in [0.1, 0.15) is 5.69 Å². The number of fused-ring (bicyclic) bond motifs is 1. The van der Waals surface area contributed by atoms with Gasteiger partial charge < -0.3 is 5.73 Å². The minimum Gasteiger partial charge on any atom is -0.319 e. The molecule has 4 heterocycles. The van der Waals surface area contributed by atoms with Gasteiger partial charge in [-0.2, -0.15) is 4.68 Å². The van der Waals surface area contributed by atoms with Crippen molar-refractivity contribution in [1.82, 2.24) is 19.7 Å². The normalized spacial score (nSPS) is 17.8. The van der Waals surface area contributed by atoms with Gasteiger partial charge in [-0.1, -0.05) is 30.3 Å². The number of nitrogens with zero attached hydrogens (tertiary/aromatic N) is 4. The highest BCUT2D eigenvalue weighted by Gasteiger charge is 2.30. The minimum absolute atomic E-state index is 0.0661. The van der Waals surface area contributed by atoms with E-state index in [2.05, 4.69) is 15.1 Å². The Balaban J connectivity index is 1.75. The van der Waals surface area contributed by atoms with E-state index in [9.17, 15) is 13.2 Å². The second-order valence-corrected chi connectivity index (χ2v) is 11.2. The molecule has 1 unspecified atom stereocenters. The first-order chi connectivity index (χ1) is 16.2. The van der Waals surface area contributed by atoms with E-state index in [4.69, 9.17) is 5.73 Å². The summed E-state index contributed by atoms with van der Waals surface area (Å²) >= 11 is 0. The fourth-order valence-electron chi connectivity index (χ4n) is 4.86. The molecule has 0 bridgehead atoms. The summed E-state index contributed by atoms with van der Waals surface area (Å²) in [5.74, 6) is 0.221. The van der Waals surface area contributed by atoms with Gasteiger partial charge in [-0.15, -0.1) is 9.38 Å². The van der Waals surface area contributed by atoms with E-state index >= 15 is 0 Å². The summed E-state index contributed by atoms with van der Waals surface area (Å²) in [6.45, 7) is 4.12. The number of aromatic amines is 1. The summed E-state index contributed by atoms with van der Waals surface area (Å²) in [4.78, 5) is 22.5.